The van der Waals surface area contributed by atoms with Crippen molar-refractivity contribution in [3.05, 3.63) is 48.0 Å². The smallest absolute Gasteiger partial charge is 0.317 e. The number of aliphatic carboxylic acids is 1. The highest BCUT2D eigenvalue weighted by Crippen LogP contribution is 2.20. The van der Waals surface area contributed by atoms with Gasteiger partial charge in [0, 0.05) is 12.6 Å². The largest absolute Gasteiger partial charge is 0.480 e. The molecule has 3 rings (SSSR count). The maximum absolute atomic E-state index is 12.6. The lowest BCUT2D eigenvalue weighted by Crippen LogP contribution is -2.40. The summed E-state index contributed by atoms with van der Waals surface area (Å²) in [7, 11) is 1.87. The topological polar surface area (TPSA) is 72.9 Å². The lowest BCUT2D eigenvalue weighted by atomic mass is 10.0. The van der Waals surface area contributed by atoms with Gasteiger partial charge in [-0.3, -0.25) is 19.4 Å². The van der Waals surface area contributed by atoms with E-state index in [1.165, 1.54) is 10.8 Å². The van der Waals surface area contributed by atoms with Crippen LogP contribution >= 0.6 is 0 Å². The highest BCUT2D eigenvalue weighted by atomic mass is 16.4. The molecule has 29 heavy (non-hydrogen) atoms. The van der Waals surface area contributed by atoms with Crippen molar-refractivity contribution in [3.63, 3.8) is 0 Å². The van der Waals surface area contributed by atoms with Crippen LogP contribution in [-0.4, -0.2) is 66.1 Å². The van der Waals surface area contributed by atoms with Gasteiger partial charge in [-0.2, -0.15) is 0 Å². The molecule has 6 heteroatoms. The minimum absolute atomic E-state index is 0.0306. The van der Waals surface area contributed by atoms with E-state index in [1.54, 1.807) is 0 Å². The number of rotatable bonds is 7. The molecule has 0 aliphatic carbocycles. The number of hydrogen-bond donors (Lipinski definition) is 2. The van der Waals surface area contributed by atoms with E-state index in [0.29, 0.717) is 6.54 Å². The minimum atomic E-state index is -0.796. The van der Waals surface area contributed by atoms with Crippen LogP contribution in [0.3, 0.4) is 0 Å². The number of hydrogen-bond acceptors (Lipinski definition) is 4. The Morgan fingerprint density at radius 2 is 1.93 bits per heavy atom. The van der Waals surface area contributed by atoms with Crippen LogP contribution in [0.4, 0.5) is 0 Å². The van der Waals surface area contributed by atoms with Gasteiger partial charge in [-0.15, -0.1) is 0 Å². The van der Waals surface area contributed by atoms with Gasteiger partial charge in [0.15, 0.2) is 0 Å². The van der Waals surface area contributed by atoms with Crippen LogP contribution in [0.1, 0.15) is 37.8 Å². The van der Waals surface area contributed by atoms with E-state index < -0.39 is 5.97 Å². The van der Waals surface area contributed by atoms with E-state index >= 15 is 0 Å². The molecule has 1 aliphatic heterocycles. The van der Waals surface area contributed by atoms with Crippen LogP contribution in [0.2, 0.25) is 0 Å². The van der Waals surface area contributed by atoms with Gasteiger partial charge in [0.05, 0.1) is 19.1 Å². The summed E-state index contributed by atoms with van der Waals surface area (Å²) in [6, 6.07) is 14.7. The number of carboxylic acid groups (broad SMARTS) is 1. The number of likely N-dealkylation sites (N-methyl/N-ethyl adjacent to an activating group) is 1. The average molecular weight is 398 g/mol. The van der Waals surface area contributed by atoms with E-state index in [1.807, 2.05) is 31.0 Å². The molecule has 2 aromatic carbocycles. The van der Waals surface area contributed by atoms with Crippen molar-refractivity contribution in [2.24, 2.45) is 0 Å². The third-order valence-corrected chi connectivity index (χ3v) is 5.82. The molecule has 2 N–H and O–H groups in total. The molecule has 2 unspecified atom stereocenters. The van der Waals surface area contributed by atoms with E-state index in [4.69, 9.17) is 5.11 Å². The quantitative estimate of drug-likeness (QED) is 0.752. The normalized spacial score (nSPS) is 19.1. The van der Waals surface area contributed by atoms with Crippen molar-refractivity contribution in [3.8, 4) is 0 Å². The molecule has 2 atom stereocenters. The molecule has 1 aliphatic rings. The molecule has 6 nitrogen and oxygen atoms in total. The van der Waals surface area contributed by atoms with E-state index in [-0.39, 0.29) is 24.5 Å². The van der Waals surface area contributed by atoms with Crippen LogP contribution < -0.4 is 5.32 Å². The number of fused-ring (bicyclic) bond motifs is 1. The molecule has 0 aromatic heterocycles. The van der Waals surface area contributed by atoms with Crippen LogP contribution in [0.15, 0.2) is 42.5 Å². The number of likely N-dealkylation sites (tertiary alicyclic amines) is 1. The highest BCUT2D eigenvalue weighted by molar-refractivity contribution is 5.83. The monoisotopic (exact) mass is 397 g/mol. The molecule has 2 aromatic rings. The third-order valence-electron chi connectivity index (χ3n) is 5.82. The Hall–Kier alpha value is -2.44. The Labute approximate surface area is 172 Å². The number of carbonyl (C=O) groups excluding carboxylic acids is 1. The van der Waals surface area contributed by atoms with Gasteiger partial charge in [-0.1, -0.05) is 36.4 Å². The number of benzene rings is 2. The van der Waals surface area contributed by atoms with E-state index in [0.717, 1.165) is 37.9 Å². The summed E-state index contributed by atoms with van der Waals surface area (Å²) in [6.45, 7) is 4.14. The average Bonchev–Trinajstić information content (AvgIpc) is 2.92. The molecule has 0 spiro atoms. The van der Waals surface area contributed by atoms with Crippen LogP contribution in [0, 0.1) is 0 Å². The van der Waals surface area contributed by atoms with Gasteiger partial charge < -0.3 is 10.4 Å². The summed E-state index contributed by atoms with van der Waals surface area (Å²) in [5, 5.41) is 14.5. The fraction of sp³-hybridized carbons (Fsp3) is 0.478. The molecule has 156 valence electrons. The molecule has 0 radical (unpaired) electrons. The summed E-state index contributed by atoms with van der Waals surface area (Å²) in [5.74, 6) is -0.765. The van der Waals surface area contributed by atoms with Crippen LogP contribution in [0.25, 0.3) is 10.8 Å². The van der Waals surface area contributed by atoms with Gasteiger partial charge in [-0.05, 0) is 62.2 Å². The Bertz CT molecular complexity index is 854. The summed E-state index contributed by atoms with van der Waals surface area (Å²) in [5.41, 5.74) is 1.10. The second kappa shape index (κ2) is 9.85. The maximum Gasteiger partial charge on any atom is 0.317 e. The zero-order valence-electron chi connectivity index (χ0n) is 17.3. The molecular weight excluding hydrogens is 366 g/mol. The number of carbonyl (C=O) groups is 2. The number of carboxylic acids is 1. The summed E-state index contributed by atoms with van der Waals surface area (Å²) >= 11 is 0. The molecule has 0 saturated carbocycles. The van der Waals surface area contributed by atoms with Crippen molar-refractivity contribution in [2.45, 2.75) is 38.3 Å². The zero-order valence-corrected chi connectivity index (χ0v) is 17.3. The predicted molar refractivity (Wildman–Crippen MR) is 115 cm³/mol. The summed E-state index contributed by atoms with van der Waals surface area (Å²) in [6.07, 6.45) is 2.83. The van der Waals surface area contributed by atoms with Gasteiger partial charge >= 0.3 is 5.97 Å². The first-order valence-corrected chi connectivity index (χ1v) is 10.3. The SMILES string of the molecule is CC(NC(=O)CN1CCCC(N(C)CC(=O)O)CC1)c1ccc2ccccc2c1. The number of nitrogens with one attached hydrogen (secondary N) is 1. The number of nitrogens with zero attached hydrogens (tertiary/aromatic N) is 2. The zero-order chi connectivity index (χ0) is 20.8. The Kier molecular flexibility index (Phi) is 7.23. The van der Waals surface area contributed by atoms with Crippen LogP contribution in [-0.2, 0) is 9.59 Å². The van der Waals surface area contributed by atoms with Crippen molar-refractivity contribution >= 4 is 22.6 Å². The first kappa shape index (κ1) is 21.3. The van der Waals surface area contributed by atoms with Crippen LogP contribution in [0.5, 0.6) is 0 Å². The first-order chi connectivity index (χ1) is 13.9. The lowest BCUT2D eigenvalue weighted by Gasteiger charge is -2.25. The second-order valence-electron chi connectivity index (χ2n) is 8.07. The summed E-state index contributed by atoms with van der Waals surface area (Å²) in [4.78, 5) is 27.6. The fourth-order valence-electron chi connectivity index (χ4n) is 4.13. The predicted octanol–water partition coefficient (Wildman–Crippen LogP) is 2.89. The van der Waals surface area contributed by atoms with E-state index in [2.05, 4.69) is 40.5 Å². The Balaban J connectivity index is 1.51. The van der Waals surface area contributed by atoms with Crippen molar-refractivity contribution in [1.82, 2.24) is 15.1 Å². The standard InChI is InChI=1S/C23H31N3O3/c1-17(19-10-9-18-6-3-4-7-20(18)14-19)24-22(27)15-26-12-5-8-21(11-13-26)25(2)16-23(28)29/h3-4,6-7,9-10,14,17,21H,5,8,11-13,15-16H2,1-2H3,(H,24,27)(H,28,29). The van der Waals surface area contributed by atoms with Gasteiger partial charge in [0.25, 0.3) is 0 Å². The minimum Gasteiger partial charge on any atom is -0.480 e. The van der Waals surface area contributed by atoms with Gasteiger partial charge in [-0.25, -0.2) is 0 Å². The highest BCUT2D eigenvalue weighted by Gasteiger charge is 2.23. The Morgan fingerprint density at radius 3 is 2.69 bits per heavy atom. The first-order valence-electron chi connectivity index (χ1n) is 10.3. The van der Waals surface area contributed by atoms with Crippen molar-refractivity contribution in [2.75, 3.05) is 33.2 Å². The van der Waals surface area contributed by atoms with Crippen molar-refractivity contribution < 1.29 is 14.7 Å². The maximum atomic E-state index is 12.6. The molecule has 1 heterocycles. The van der Waals surface area contributed by atoms with Gasteiger partial charge in [0.2, 0.25) is 5.91 Å². The molecule has 1 amide bonds. The van der Waals surface area contributed by atoms with Gasteiger partial charge in [0.1, 0.15) is 0 Å². The molecule has 1 saturated heterocycles. The molecular formula is C23H31N3O3. The van der Waals surface area contributed by atoms with E-state index in [9.17, 15) is 9.59 Å². The summed E-state index contributed by atoms with van der Waals surface area (Å²) < 4.78 is 0. The van der Waals surface area contributed by atoms with Crippen molar-refractivity contribution in [1.29, 1.82) is 0 Å². The second-order valence-corrected chi connectivity index (χ2v) is 8.07. The number of amides is 1. The lowest BCUT2D eigenvalue weighted by molar-refractivity contribution is -0.138. The Morgan fingerprint density at radius 1 is 1.17 bits per heavy atom. The fourth-order valence-corrected chi connectivity index (χ4v) is 4.13. The molecule has 1 fully saturated rings. The molecule has 0 bridgehead atoms. The third kappa shape index (κ3) is 6.02.